The van der Waals surface area contributed by atoms with Gasteiger partial charge in [-0.05, 0) is 62.5 Å². The van der Waals surface area contributed by atoms with Gasteiger partial charge in [-0.2, -0.15) is 0 Å². The Morgan fingerprint density at radius 3 is 2.73 bits per heavy atom. The molecule has 2 heterocycles. The van der Waals surface area contributed by atoms with E-state index in [9.17, 15) is 10.2 Å². The third-order valence-corrected chi connectivity index (χ3v) is 8.36. The molecule has 8 atom stereocenters. The van der Waals surface area contributed by atoms with Crippen molar-refractivity contribution in [3.63, 3.8) is 0 Å². The Bertz CT molecular complexity index is 631. The number of hydrogen-bond acceptors (Lipinski definition) is 4. The Morgan fingerprint density at radius 2 is 2.00 bits per heavy atom. The maximum atomic E-state index is 10.8. The lowest BCUT2D eigenvalue weighted by Gasteiger charge is -2.58. The molecular formula is C22H35NO3. The third-order valence-electron chi connectivity index (χ3n) is 8.36. The van der Waals surface area contributed by atoms with Crippen LogP contribution in [-0.2, 0) is 4.74 Å². The molecular weight excluding hydrogens is 326 g/mol. The number of fused-ring (bicyclic) bond motifs is 1. The minimum atomic E-state index is -0.643. The van der Waals surface area contributed by atoms with Crippen LogP contribution in [0.5, 0.6) is 0 Å². The van der Waals surface area contributed by atoms with Crippen LogP contribution in [0, 0.1) is 23.2 Å². The zero-order valence-electron chi connectivity index (χ0n) is 16.4. The van der Waals surface area contributed by atoms with Gasteiger partial charge in [-0.3, -0.25) is 0 Å². The summed E-state index contributed by atoms with van der Waals surface area (Å²) in [6, 6.07) is 0. The smallest absolute Gasteiger partial charge is 0.0939 e. The monoisotopic (exact) mass is 361 g/mol. The fraction of sp³-hybridized carbons (Fsp3) is 0.818. The second-order valence-corrected chi connectivity index (χ2v) is 9.35. The van der Waals surface area contributed by atoms with Gasteiger partial charge < -0.3 is 20.7 Å². The summed E-state index contributed by atoms with van der Waals surface area (Å²) >= 11 is 0. The third kappa shape index (κ3) is 2.22. The summed E-state index contributed by atoms with van der Waals surface area (Å²) in [7, 11) is 1.50. The fourth-order valence-electron chi connectivity index (χ4n) is 7.00. The zero-order chi connectivity index (χ0) is 18.7. The summed E-state index contributed by atoms with van der Waals surface area (Å²) in [5, 5.41) is 21.4. The maximum absolute atomic E-state index is 10.8. The summed E-state index contributed by atoms with van der Waals surface area (Å²) < 4.78 is 7.03. The average molecular weight is 362 g/mol. The van der Waals surface area contributed by atoms with Crippen molar-refractivity contribution in [2.24, 2.45) is 28.9 Å². The lowest BCUT2D eigenvalue weighted by molar-refractivity contribution is -0.238. The summed E-state index contributed by atoms with van der Waals surface area (Å²) in [6.07, 6.45) is 13.0. The minimum absolute atomic E-state index is 0.0656. The number of ether oxygens (including phenoxy) is 1. The molecule has 2 bridgehead atoms. The number of aliphatic hydroxyl groups excluding tert-OH is 2. The van der Waals surface area contributed by atoms with Gasteiger partial charge in [0.25, 0.3) is 0 Å². The molecule has 5 rings (SSSR count). The predicted octanol–water partition coefficient (Wildman–Crippen LogP) is 2.93. The van der Waals surface area contributed by atoms with E-state index in [-0.39, 0.29) is 28.5 Å². The molecule has 4 nitrogen and oxygen atoms in total. The maximum Gasteiger partial charge on any atom is 0.0939 e. The molecule has 2 saturated heterocycles. The van der Waals surface area contributed by atoms with Crippen molar-refractivity contribution in [3.05, 3.63) is 23.8 Å². The number of nitrogens with two attached hydrogens (primary N) is 1. The predicted molar refractivity (Wildman–Crippen MR) is 102 cm³/mol. The van der Waals surface area contributed by atoms with E-state index >= 15 is 0 Å². The second-order valence-electron chi connectivity index (χ2n) is 9.35. The number of aliphatic hydroxyl groups is 2. The lowest BCUT2D eigenvalue weighted by atomic mass is 9.58. The van der Waals surface area contributed by atoms with E-state index in [4.69, 9.17) is 4.74 Å². The number of hydrogen-bond donors (Lipinski definition) is 3. The first-order valence-corrected chi connectivity index (χ1v) is 10.5. The van der Waals surface area contributed by atoms with Gasteiger partial charge in [0.1, 0.15) is 0 Å². The van der Waals surface area contributed by atoms with Crippen LogP contribution in [0.4, 0.5) is 0 Å². The van der Waals surface area contributed by atoms with Crippen molar-refractivity contribution in [3.8, 4) is 0 Å². The van der Waals surface area contributed by atoms with Crippen molar-refractivity contribution >= 4 is 0 Å². The van der Waals surface area contributed by atoms with E-state index in [1.165, 1.54) is 12.6 Å². The van der Waals surface area contributed by atoms with Crippen LogP contribution in [0.15, 0.2) is 23.8 Å². The van der Waals surface area contributed by atoms with E-state index in [1.54, 1.807) is 0 Å². The highest BCUT2D eigenvalue weighted by molar-refractivity contribution is 5.37. The zero-order valence-corrected chi connectivity index (χ0v) is 16.4. The van der Waals surface area contributed by atoms with Gasteiger partial charge in [-0.1, -0.05) is 38.5 Å². The van der Waals surface area contributed by atoms with E-state index in [0.717, 1.165) is 44.9 Å². The molecule has 26 heavy (non-hydrogen) atoms. The van der Waals surface area contributed by atoms with Crippen LogP contribution in [0.2, 0.25) is 0 Å². The molecule has 0 radical (unpaired) electrons. The minimum Gasteiger partial charge on any atom is -0.390 e. The fourth-order valence-corrected chi connectivity index (χ4v) is 7.00. The molecule has 0 aromatic rings. The highest BCUT2D eigenvalue weighted by Crippen LogP contribution is 2.67. The van der Waals surface area contributed by atoms with Crippen molar-refractivity contribution in [1.29, 1.82) is 0 Å². The summed E-state index contributed by atoms with van der Waals surface area (Å²) in [5.41, 5.74) is 5.84. The average Bonchev–Trinajstić information content (AvgIpc) is 3.20. The largest absolute Gasteiger partial charge is 0.390 e. The van der Waals surface area contributed by atoms with Crippen LogP contribution < -0.4 is 5.73 Å². The molecule has 4 unspecified atom stereocenters. The summed E-state index contributed by atoms with van der Waals surface area (Å²) in [5.74, 6) is 0.777. The molecule has 1 saturated carbocycles. The first-order chi connectivity index (χ1) is 12.4. The highest BCUT2D eigenvalue weighted by Gasteiger charge is 2.68. The van der Waals surface area contributed by atoms with Crippen LogP contribution in [0.25, 0.3) is 0 Å². The van der Waals surface area contributed by atoms with E-state index in [0.29, 0.717) is 5.92 Å². The van der Waals surface area contributed by atoms with Crippen molar-refractivity contribution in [2.75, 3.05) is 7.05 Å². The highest BCUT2D eigenvalue weighted by atomic mass is 16.5. The van der Waals surface area contributed by atoms with Crippen molar-refractivity contribution < 1.29 is 14.9 Å². The van der Waals surface area contributed by atoms with Gasteiger partial charge in [0.2, 0.25) is 0 Å². The van der Waals surface area contributed by atoms with E-state index < -0.39 is 12.2 Å². The molecule has 146 valence electrons. The quantitative estimate of drug-likeness (QED) is 0.628. The molecule has 4 heteroatoms. The Balaban J connectivity index is 0.000000814. The van der Waals surface area contributed by atoms with Crippen LogP contribution in [0.1, 0.15) is 58.8 Å². The number of rotatable bonds is 1. The molecule has 3 fully saturated rings. The first kappa shape index (κ1) is 18.7. The Morgan fingerprint density at radius 1 is 1.23 bits per heavy atom. The molecule has 2 aliphatic heterocycles. The molecule has 0 aromatic heterocycles. The Hall–Kier alpha value is -0.680. The van der Waals surface area contributed by atoms with Crippen LogP contribution in [0.3, 0.4) is 0 Å². The van der Waals surface area contributed by atoms with Gasteiger partial charge in [-0.15, -0.1) is 0 Å². The van der Waals surface area contributed by atoms with Gasteiger partial charge in [0, 0.05) is 11.8 Å². The molecule has 5 aliphatic rings. The summed E-state index contributed by atoms with van der Waals surface area (Å²) in [4.78, 5) is 0. The molecule has 0 aromatic carbocycles. The van der Waals surface area contributed by atoms with Crippen LogP contribution in [-0.4, -0.2) is 40.7 Å². The molecule has 2 spiro atoms. The Labute approximate surface area is 157 Å². The van der Waals surface area contributed by atoms with Gasteiger partial charge >= 0.3 is 0 Å². The summed E-state index contributed by atoms with van der Waals surface area (Å²) in [6.45, 7) is 4.51. The topological polar surface area (TPSA) is 75.7 Å². The van der Waals surface area contributed by atoms with Gasteiger partial charge in [0.15, 0.2) is 0 Å². The lowest BCUT2D eigenvalue weighted by Crippen LogP contribution is -2.62. The normalized spacial score (nSPS) is 53.8. The van der Waals surface area contributed by atoms with Crippen molar-refractivity contribution in [2.45, 2.75) is 82.2 Å². The molecule has 4 N–H and O–H groups in total. The van der Waals surface area contributed by atoms with Gasteiger partial charge in [-0.25, -0.2) is 0 Å². The SMILES string of the molecule is CC[C@H]1C[C@@]23CC[C@@]4(O2)C(=CCC2(C)C=CCC24)CC3[C@@H](O)C1O.CN. The first-order valence-electron chi connectivity index (χ1n) is 10.5. The van der Waals surface area contributed by atoms with Crippen LogP contribution >= 0.6 is 0 Å². The van der Waals surface area contributed by atoms with E-state index in [1.807, 2.05) is 0 Å². The van der Waals surface area contributed by atoms with E-state index in [2.05, 4.69) is 37.8 Å². The number of allylic oxidation sites excluding steroid dienone is 3. The second kappa shape index (κ2) is 6.16. The van der Waals surface area contributed by atoms with Gasteiger partial charge in [0.05, 0.1) is 23.4 Å². The molecule has 3 aliphatic carbocycles. The molecule has 0 amide bonds. The Kier molecular flexibility index (Phi) is 4.43. The van der Waals surface area contributed by atoms with Crippen molar-refractivity contribution in [1.82, 2.24) is 0 Å². The standard InChI is InChI=1S/C21H30O3.CH5N/c1-3-13-12-20-9-10-21(24-20)14(11-15(20)18(23)17(13)22)6-8-19(2)7-4-5-16(19)21;1-2/h4,6-7,13,15-18,22-23H,3,5,8-12H2,1-2H3;2H2,1H3/t13-,15?,16?,17?,18+,19?,20+,21+;/m0./s1.